The van der Waals surface area contributed by atoms with Crippen LogP contribution in [0, 0.1) is 0 Å². The summed E-state index contributed by atoms with van der Waals surface area (Å²) in [4.78, 5) is 4.53. The fourth-order valence-corrected chi connectivity index (χ4v) is 14.1. The van der Waals surface area contributed by atoms with Crippen molar-refractivity contribution < 1.29 is 22.6 Å². The first-order valence-electron chi connectivity index (χ1n) is 15.4. The minimum absolute atomic E-state index is 0.252. The quantitative estimate of drug-likeness (QED) is 0.119. The number of pyridine rings is 1. The summed E-state index contributed by atoms with van der Waals surface area (Å²) >= 11 is 0. The van der Waals surface area contributed by atoms with Crippen molar-refractivity contribution in [1.29, 1.82) is 0 Å². The highest BCUT2D eigenvalue weighted by Gasteiger charge is 2.47. The first kappa shape index (κ1) is 32.4. The summed E-state index contributed by atoms with van der Waals surface area (Å²) in [6.45, 7) is 0.252. The maximum atomic E-state index is 6.84. The Bertz CT molecular complexity index is 1950. The van der Waals surface area contributed by atoms with Crippen LogP contribution in [-0.2, 0) is 6.54 Å². The second-order valence-corrected chi connectivity index (χ2v) is 16.9. The van der Waals surface area contributed by atoms with Gasteiger partial charge in [-0.1, -0.05) is 102 Å². The van der Waals surface area contributed by atoms with Gasteiger partial charge in [0.25, 0.3) is 0 Å². The van der Waals surface area contributed by atoms with E-state index >= 15 is 0 Å². The van der Waals surface area contributed by atoms with E-state index in [9.17, 15) is 0 Å². The Kier molecular flexibility index (Phi) is 9.92. The van der Waals surface area contributed by atoms with Crippen molar-refractivity contribution in [3.63, 3.8) is 0 Å². The van der Waals surface area contributed by atoms with E-state index in [0.717, 1.165) is 5.69 Å². The van der Waals surface area contributed by atoms with E-state index in [-0.39, 0.29) is 6.54 Å². The van der Waals surface area contributed by atoms with Crippen molar-refractivity contribution in [2.45, 2.75) is 6.54 Å². The zero-order chi connectivity index (χ0) is 33.2. The molecular weight excluding hydrogens is 675 g/mol. The van der Waals surface area contributed by atoms with Crippen LogP contribution in [0.2, 0.25) is 0 Å². The lowest BCUT2D eigenvalue weighted by Crippen LogP contribution is -2.18. The fourth-order valence-electron chi connectivity index (χ4n) is 4.61. The molecule has 0 amide bonds. The van der Waals surface area contributed by atoms with E-state index in [1.807, 2.05) is 170 Å². The molecule has 7 rings (SSSR count). The molecule has 2 heterocycles. The van der Waals surface area contributed by atoms with Crippen molar-refractivity contribution in [3.8, 4) is 28.7 Å². The molecule has 6 aromatic rings. The van der Waals surface area contributed by atoms with Crippen LogP contribution in [0.15, 0.2) is 190 Å². The average Bonchev–Trinajstić information content (AvgIpc) is 3.13. The van der Waals surface area contributed by atoms with Gasteiger partial charge >= 0.3 is 22.9 Å². The second-order valence-electron chi connectivity index (χ2n) is 10.5. The lowest BCUT2D eigenvalue weighted by Gasteiger charge is -2.33. The largest absolute Gasteiger partial charge is 0.459 e. The van der Waals surface area contributed by atoms with Gasteiger partial charge in [-0.3, -0.25) is 4.98 Å². The monoisotopic (exact) mass is 707 g/mol. The number of nitrogens with one attached hydrogen (secondary N) is 1. The van der Waals surface area contributed by atoms with Gasteiger partial charge in [0.05, 0.1) is 5.69 Å². The molecule has 13 heteroatoms. The normalized spacial score (nSPS) is 17.2. The van der Waals surface area contributed by atoms with E-state index in [0.29, 0.717) is 28.7 Å². The summed E-state index contributed by atoms with van der Waals surface area (Å²) in [6, 6.07) is 52.2. The smallest absolute Gasteiger partial charge is 0.430 e. The summed E-state index contributed by atoms with van der Waals surface area (Å²) in [5.41, 5.74) is 0.750. The fraction of sp³-hybridized carbons (Fsp3) is 0.0278. The summed E-state index contributed by atoms with van der Waals surface area (Å²) in [5, 5.41) is 3.52. The van der Waals surface area contributed by atoms with Gasteiger partial charge in [0, 0.05) is 12.7 Å². The Morgan fingerprint density at radius 3 is 1.14 bits per heavy atom. The number of rotatable bonds is 13. The van der Waals surface area contributed by atoms with Crippen LogP contribution in [0.25, 0.3) is 0 Å². The molecule has 10 nitrogen and oxygen atoms in total. The van der Waals surface area contributed by atoms with E-state index in [2.05, 4.69) is 10.1 Å². The highest BCUT2D eigenvalue weighted by atomic mass is 31.3. The molecule has 5 aromatic carbocycles. The van der Waals surface area contributed by atoms with Crippen LogP contribution in [0.3, 0.4) is 0 Å². The molecule has 1 aliphatic rings. The maximum Gasteiger partial charge on any atom is 0.459 e. The van der Waals surface area contributed by atoms with Crippen LogP contribution < -0.4 is 27.7 Å². The molecule has 0 saturated carbocycles. The van der Waals surface area contributed by atoms with Crippen LogP contribution in [0.5, 0.6) is 28.7 Å². The molecule has 0 spiro atoms. The van der Waals surface area contributed by atoms with Crippen molar-refractivity contribution >= 4 is 22.9 Å². The SMILES string of the molecule is c1ccc(OP2(NCc3ccccn3)=NP(Oc3ccccc3)(Oc3ccccc3)=NP(Oc3ccccc3)(Oc3ccccc3)=N2)cc1. The molecule has 0 saturated heterocycles. The van der Waals surface area contributed by atoms with E-state index < -0.39 is 22.9 Å². The molecular formula is C36H32N5O5P3. The molecule has 246 valence electrons. The Labute approximate surface area is 285 Å². The van der Waals surface area contributed by atoms with Gasteiger partial charge in [-0.25, -0.2) is 5.09 Å². The topological polar surface area (TPSA) is 108 Å². The molecule has 1 N–H and O–H groups in total. The van der Waals surface area contributed by atoms with E-state index in [1.165, 1.54) is 0 Å². The molecule has 0 radical (unpaired) electrons. The van der Waals surface area contributed by atoms with Gasteiger partial charge in [0.1, 0.15) is 28.7 Å². The Morgan fingerprint density at radius 2 is 0.755 bits per heavy atom. The Balaban J connectivity index is 1.52. The molecule has 0 aliphatic carbocycles. The molecule has 49 heavy (non-hydrogen) atoms. The Hall–Kier alpha value is -5.10. The van der Waals surface area contributed by atoms with Crippen LogP contribution >= 0.6 is 22.9 Å². The van der Waals surface area contributed by atoms with Gasteiger partial charge < -0.3 is 22.6 Å². The molecule has 1 unspecified atom stereocenters. The number of para-hydroxylation sites is 5. The predicted octanol–water partition coefficient (Wildman–Crippen LogP) is 11.4. The summed E-state index contributed by atoms with van der Waals surface area (Å²) in [6.07, 6.45) is 1.73. The van der Waals surface area contributed by atoms with Crippen molar-refractivity contribution in [1.82, 2.24) is 10.1 Å². The van der Waals surface area contributed by atoms with Gasteiger partial charge in [-0.2, -0.15) is 0 Å². The first-order valence-corrected chi connectivity index (χ1v) is 20.1. The third-order valence-electron chi connectivity index (χ3n) is 6.73. The summed E-state index contributed by atoms with van der Waals surface area (Å²) < 4.78 is 49.7. The summed E-state index contributed by atoms with van der Waals surface area (Å²) in [7, 11) is -11.2. The number of aromatic nitrogens is 1. The van der Waals surface area contributed by atoms with Gasteiger partial charge in [0.15, 0.2) is 0 Å². The molecule has 0 bridgehead atoms. The standard InChI is InChI=1S/C36H32N5O5P3/c1-6-19-32(20-7-1)42-47(38-30-31-18-16-17-29-37-31)39-48(43-33-21-8-2-9-22-33,44-34-23-10-3-11-24-34)41-49(40-47,45-35-25-12-4-13-26-35)46-36-27-14-5-15-28-36/h1-29,38H,30H2. The highest BCUT2D eigenvalue weighted by molar-refractivity contribution is 7.79. The van der Waals surface area contributed by atoms with Gasteiger partial charge in [0.2, 0.25) is 0 Å². The van der Waals surface area contributed by atoms with Crippen molar-refractivity contribution in [2.24, 2.45) is 13.5 Å². The van der Waals surface area contributed by atoms with E-state index in [4.69, 9.17) is 36.2 Å². The number of hydrogen-bond acceptors (Lipinski definition) is 10. The third-order valence-corrected chi connectivity index (χ3v) is 15.1. The van der Waals surface area contributed by atoms with Gasteiger partial charge in [-0.15, -0.1) is 9.03 Å². The van der Waals surface area contributed by atoms with Crippen LogP contribution in [0.4, 0.5) is 0 Å². The van der Waals surface area contributed by atoms with Crippen LogP contribution in [0.1, 0.15) is 5.69 Å². The van der Waals surface area contributed by atoms with Crippen molar-refractivity contribution in [3.05, 3.63) is 182 Å². The molecule has 1 aliphatic heterocycles. The van der Waals surface area contributed by atoms with Crippen molar-refractivity contribution in [2.75, 3.05) is 0 Å². The lowest BCUT2D eigenvalue weighted by molar-refractivity contribution is 0.456. The van der Waals surface area contributed by atoms with E-state index in [1.54, 1.807) is 6.20 Å². The number of nitrogens with zero attached hydrogens (tertiary/aromatic N) is 4. The highest BCUT2D eigenvalue weighted by Crippen LogP contribution is 2.77. The van der Waals surface area contributed by atoms with Gasteiger partial charge in [-0.05, 0) is 72.8 Å². The molecule has 1 aromatic heterocycles. The second kappa shape index (κ2) is 15.0. The number of benzene rings is 5. The lowest BCUT2D eigenvalue weighted by atomic mass is 10.3. The molecule has 1 atom stereocenters. The zero-order valence-electron chi connectivity index (χ0n) is 26.1. The molecule has 0 fully saturated rings. The Morgan fingerprint density at radius 1 is 0.388 bits per heavy atom. The summed E-state index contributed by atoms with van der Waals surface area (Å²) in [5.74, 6) is 2.47. The third kappa shape index (κ3) is 8.50. The zero-order valence-corrected chi connectivity index (χ0v) is 28.8. The average molecular weight is 708 g/mol. The minimum Gasteiger partial charge on any atom is -0.430 e. The minimum atomic E-state index is -3.81. The first-order chi connectivity index (χ1) is 24.1. The number of hydrogen-bond donors (Lipinski definition) is 1. The maximum absolute atomic E-state index is 6.84. The predicted molar refractivity (Wildman–Crippen MR) is 194 cm³/mol. The van der Waals surface area contributed by atoms with Crippen LogP contribution in [-0.4, -0.2) is 4.98 Å².